The van der Waals surface area contributed by atoms with E-state index in [4.69, 9.17) is 5.73 Å². The summed E-state index contributed by atoms with van der Waals surface area (Å²) in [4.78, 5) is 13.1. The van der Waals surface area contributed by atoms with Gasteiger partial charge in [-0.25, -0.2) is 0 Å². The van der Waals surface area contributed by atoms with Gasteiger partial charge in [0, 0.05) is 28.6 Å². The Morgan fingerprint density at radius 1 is 1.32 bits per heavy atom. The molecule has 0 spiro atoms. The van der Waals surface area contributed by atoms with Crippen molar-refractivity contribution >= 4 is 17.3 Å². The molecule has 7 heteroatoms. The fraction of sp³-hybridized carbons (Fsp3) is 0.667. The van der Waals surface area contributed by atoms with Gasteiger partial charge in [0.25, 0.3) is 0 Å². The lowest BCUT2D eigenvalue weighted by molar-refractivity contribution is -0.140. The number of nitrogens with two attached hydrogens (primary N) is 1. The molecule has 1 aromatic heterocycles. The molecular formula is C15H22F3NO2S. The van der Waals surface area contributed by atoms with Crippen LogP contribution < -0.4 is 5.73 Å². The van der Waals surface area contributed by atoms with Gasteiger partial charge in [0.15, 0.2) is 0 Å². The van der Waals surface area contributed by atoms with Gasteiger partial charge in [-0.3, -0.25) is 4.79 Å². The van der Waals surface area contributed by atoms with Crippen molar-refractivity contribution in [1.29, 1.82) is 0 Å². The minimum absolute atomic E-state index is 0.120. The number of hydrogen-bond donors (Lipinski definition) is 1. The summed E-state index contributed by atoms with van der Waals surface area (Å²) in [6.45, 7) is 0. The third-order valence-corrected chi connectivity index (χ3v) is 4.58. The summed E-state index contributed by atoms with van der Waals surface area (Å²) in [7, 11) is 1.36. The maximum absolute atomic E-state index is 12.0. The number of unbranched alkanes of at least 4 members (excludes halogenated alkanes) is 1. The van der Waals surface area contributed by atoms with Crippen LogP contribution in [0.3, 0.4) is 0 Å². The van der Waals surface area contributed by atoms with Gasteiger partial charge < -0.3 is 10.5 Å². The summed E-state index contributed by atoms with van der Waals surface area (Å²) >= 11 is 1.56. The monoisotopic (exact) mass is 337 g/mol. The van der Waals surface area contributed by atoms with E-state index in [-0.39, 0.29) is 18.4 Å². The van der Waals surface area contributed by atoms with E-state index in [1.807, 2.05) is 12.1 Å². The number of rotatable bonds is 9. The van der Waals surface area contributed by atoms with Gasteiger partial charge in [-0.15, -0.1) is 11.3 Å². The van der Waals surface area contributed by atoms with Gasteiger partial charge in [-0.2, -0.15) is 13.2 Å². The van der Waals surface area contributed by atoms with Crippen molar-refractivity contribution in [2.45, 2.75) is 57.2 Å². The average Bonchev–Trinajstić information content (AvgIpc) is 2.91. The van der Waals surface area contributed by atoms with Gasteiger partial charge in [0.05, 0.1) is 7.11 Å². The molecule has 0 saturated carbocycles. The summed E-state index contributed by atoms with van der Waals surface area (Å²) in [5.74, 6) is -0.224. The number of halogens is 3. The van der Waals surface area contributed by atoms with Gasteiger partial charge in [-0.1, -0.05) is 6.42 Å². The molecule has 2 N–H and O–H groups in total. The summed E-state index contributed by atoms with van der Waals surface area (Å²) < 4.78 is 40.7. The zero-order chi connectivity index (χ0) is 16.6. The third kappa shape index (κ3) is 7.79. The van der Waals surface area contributed by atoms with Crippen molar-refractivity contribution in [1.82, 2.24) is 0 Å². The molecule has 22 heavy (non-hydrogen) atoms. The number of methoxy groups -OCH3 is 1. The van der Waals surface area contributed by atoms with Gasteiger partial charge in [-0.05, 0) is 37.8 Å². The molecule has 1 atom stereocenters. The summed E-state index contributed by atoms with van der Waals surface area (Å²) in [6, 6.07) is 3.67. The maximum Gasteiger partial charge on any atom is 0.389 e. The van der Waals surface area contributed by atoms with Crippen LogP contribution in [0.25, 0.3) is 0 Å². The van der Waals surface area contributed by atoms with Gasteiger partial charge in [0.2, 0.25) is 0 Å². The van der Waals surface area contributed by atoms with Crippen LogP contribution >= 0.6 is 11.3 Å². The Morgan fingerprint density at radius 2 is 2.05 bits per heavy atom. The van der Waals surface area contributed by atoms with E-state index in [0.29, 0.717) is 25.7 Å². The molecule has 3 nitrogen and oxygen atoms in total. The van der Waals surface area contributed by atoms with Gasteiger partial charge in [0.1, 0.15) is 0 Å². The molecule has 0 bridgehead atoms. The Morgan fingerprint density at radius 3 is 2.68 bits per heavy atom. The molecule has 126 valence electrons. The quantitative estimate of drug-likeness (QED) is 0.538. The number of carbonyl (C=O) groups is 1. The predicted octanol–water partition coefficient (Wildman–Crippen LogP) is 4.37. The van der Waals surface area contributed by atoms with Crippen LogP contribution in [0.15, 0.2) is 12.1 Å². The molecule has 0 aliphatic carbocycles. The van der Waals surface area contributed by atoms with Crippen LogP contribution in [0.2, 0.25) is 0 Å². The highest BCUT2D eigenvalue weighted by Gasteiger charge is 2.26. The number of aryl methyl sites for hydroxylation is 1. The van der Waals surface area contributed by atoms with E-state index >= 15 is 0 Å². The first-order valence-corrected chi connectivity index (χ1v) is 8.11. The summed E-state index contributed by atoms with van der Waals surface area (Å²) in [5, 5.41) is 0. The first kappa shape index (κ1) is 19.0. The van der Waals surface area contributed by atoms with E-state index in [0.717, 1.165) is 16.2 Å². The van der Waals surface area contributed by atoms with Crippen molar-refractivity contribution in [3.63, 3.8) is 0 Å². The zero-order valence-electron chi connectivity index (χ0n) is 12.6. The maximum atomic E-state index is 12.0. The fourth-order valence-corrected chi connectivity index (χ4v) is 3.16. The molecule has 0 saturated heterocycles. The number of alkyl halides is 3. The number of hydrogen-bond acceptors (Lipinski definition) is 4. The first-order chi connectivity index (χ1) is 10.3. The van der Waals surface area contributed by atoms with E-state index in [1.165, 1.54) is 7.11 Å². The number of esters is 1. The second-order valence-electron chi connectivity index (χ2n) is 5.20. The van der Waals surface area contributed by atoms with Crippen molar-refractivity contribution in [2.75, 3.05) is 7.11 Å². The van der Waals surface area contributed by atoms with Crippen LogP contribution in [-0.2, 0) is 16.0 Å². The average molecular weight is 337 g/mol. The van der Waals surface area contributed by atoms with Crippen LogP contribution in [0.4, 0.5) is 13.2 Å². The van der Waals surface area contributed by atoms with E-state index < -0.39 is 12.6 Å². The van der Waals surface area contributed by atoms with Gasteiger partial charge >= 0.3 is 12.1 Å². The van der Waals surface area contributed by atoms with Crippen molar-refractivity contribution < 1.29 is 22.7 Å². The second-order valence-corrected chi connectivity index (χ2v) is 6.40. The summed E-state index contributed by atoms with van der Waals surface area (Å²) in [6.07, 6.45) is -1.81. The van der Waals surface area contributed by atoms with Crippen molar-refractivity contribution in [2.24, 2.45) is 5.73 Å². The minimum Gasteiger partial charge on any atom is -0.469 e. The highest BCUT2D eigenvalue weighted by molar-refractivity contribution is 7.12. The van der Waals surface area contributed by atoms with Crippen LogP contribution in [0.5, 0.6) is 0 Å². The SMILES string of the molecule is COC(=O)CCCc1ccc(C(N)CCCCC(F)(F)F)s1. The first-order valence-electron chi connectivity index (χ1n) is 7.29. The highest BCUT2D eigenvalue weighted by atomic mass is 32.1. The number of thiophene rings is 1. The molecule has 1 unspecified atom stereocenters. The molecule has 0 fully saturated rings. The van der Waals surface area contributed by atoms with E-state index in [2.05, 4.69) is 4.74 Å². The Kier molecular flexibility index (Phi) is 7.89. The zero-order valence-corrected chi connectivity index (χ0v) is 13.4. The number of ether oxygens (including phenoxy) is 1. The lowest BCUT2D eigenvalue weighted by atomic mass is 10.1. The molecule has 1 aromatic rings. The molecule has 0 aromatic carbocycles. The van der Waals surface area contributed by atoms with Crippen molar-refractivity contribution in [3.8, 4) is 0 Å². The molecule has 1 heterocycles. The Bertz CT molecular complexity index is 460. The largest absolute Gasteiger partial charge is 0.469 e. The molecule has 1 rings (SSSR count). The van der Waals surface area contributed by atoms with E-state index in [1.54, 1.807) is 11.3 Å². The van der Waals surface area contributed by atoms with Crippen LogP contribution in [0, 0.1) is 0 Å². The second kappa shape index (κ2) is 9.15. The summed E-state index contributed by atoms with van der Waals surface area (Å²) in [5.41, 5.74) is 6.01. The molecular weight excluding hydrogens is 315 g/mol. The minimum atomic E-state index is -4.08. The Hall–Kier alpha value is -1.08. The molecule has 0 radical (unpaired) electrons. The Labute approximate surface area is 132 Å². The van der Waals surface area contributed by atoms with E-state index in [9.17, 15) is 18.0 Å². The van der Waals surface area contributed by atoms with Crippen LogP contribution in [-0.4, -0.2) is 19.3 Å². The normalized spacial score (nSPS) is 13.1. The fourth-order valence-electron chi connectivity index (χ4n) is 2.07. The lowest BCUT2D eigenvalue weighted by Gasteiger charge is -2.10. The predicted molar refractivity (Wildman–Crippen MR) is 80.7 cm³/mol. The standard InChI is InChI=1S/C15H22F3NO2S/c1-21-14(20)7-4-5-11-8-9-13(22-11)12(19)6-2-3-10-15(16,17)18/h8-9,12H,2-7,10,19H2,1H3. The smallest absolute Gasteiger partial charge is 0.389 e. The lowest BCUT2D eigenvalue weighted by Crippen LogP contribution is -2.10. The van der Waals surface area contributed by atoms with Crippen LogP contribution in [0.1, 0.15) is 54.3 Å². The molecule has 0 amide bonds. The topological polar surface area (TPSA) is 52.3 Å². The van der Waals surface area contributed by atoms with Crippen molar-refractivity contribution in [3.05, 3.63) is 21.9 Å². The molecule has 0 aliphatic rings. The highest BCUT2D eigenvalue weighted by Crippen LogP contribution is 2.28. The Balaban J connectivity index is 2.29. The third-order valence-electron chi connectivity index (χ3n) is 3.31. The molecule has 0 aliphatic heterocycles. The number of carbonyl (C=O) groups excluding carboxylic acids is 1.